The first-order valence-corrected chi connectivity index (χ1v) is 31.2. The Morgan fingerprint density at radius 1 is 0.276 bits per heavy atom. The van der Waals surface area contributed by atoms with Gasteiger partial charge in [-0.25, -0.2) is 0 Å². The number of carbonyl (C=O) groups is 3. The first-order valence-electron chi connectivity index (χ1n) is 31.2. The fraction of sp³-hybridized carbons (Fsp3) is 0.643. The molecule has 0 aliphatic heterocycles. The van der Waals surface area contributed by atoms with Crippen LogP contribution in [0.5, 0.6) is 0 Å². The van der Waals surface area contributed by atoms with Gasteiger partial charge < -0.3 is 14.2 Å². The second-order valence-electron chi connectivity index (χ2n) is 20.2. The summed E-state index contributed by atoms with van der Waals surface area (Å²) in [6.07, 6.45) is 89.0. The van der Waals surface area contributed by atoms with Gasteiger partial charge in [0.2, 0.25) is 0 Å². The molecule has 0 rings (SSSR count). The Labute approximate surface area is 468 Å². The van der Waals surface area contributed by atoms with Gasteiger partial charge in [0.1, 0.15) is 13.2 Å². The van der Waals surface area contributed by atoms with Crippen molar-refractivity contribution in [1.29, 1.82) is 0 Å². The van der Waals surface area contributed by atoms with Crippen molar-refractivity contribution < 1.29 is 28.6 Å². The van der Waals surface area contributed by atoms with Gasteiger partial charge in [0.25, 0.3) is 0 Å². The van der Waals surface area contributed by atoms with Crippen LogP contribution >= 0.6 is 0 Å². The predicted octanol–water partition coefficient (Wildman–Crippen LogP) is 21.4. The van der Waals surface area contributed by atoms with Crippen molar-refractivity contribution >= 4 is 17.9 Å². The van der Waals surface area contributed by atoms with E-state index in [2.05, 4.69) is 154 Å². The van der Waals surface area contributed by atoms with Crippen LogP contribution in [0.1, 0.15) is 271 Å². The summed E-state index contributed by atoms with van der Waals surface area (Å²) in [4.78, 5) is 38.1. The summed E-state index contributed by atoms with van der Waals surface area (Å²) in [6.45, 7) is 6.33. The van der Waals surface area contributed by atoms with Crippen molar-refractivity contribution in [2.24, 2.45) is 0 Å². The zero-order valence-corrected chi connectivity index (χ0v) is 49.2. The van der Waals surface area contributed by atoms with E-state index in [1.807, 2.05) is 0 Å². The average Bonchev–Trinajstić information content (AvgIpc) is 3.42. The molecule has 76 heavy (non-hydrogen) atoms. The minimum atomic E-state index is -0.794. The fourth-order valence-corrected chi connectivity index (χ4v) is 8.26. The molecule has 0 saturated carbocycles. The van der Waals surface area contributed by atoms with E-state index in [9.17, 15) is 14.4 Å². The van der Waals surface area contributed by atoms with Crippen LogP contribution in [-0.4, -0.2) is 37.2 Å². The van der Waals surface area contributed by atoms with Crippen molar-refractivity contribution in [2.45, 2.75) is 277 Å². The molecular formula is C70H114O6. The topological polar surface area (TPSA) is 78.9 Å². The number of allylic oxidation sites excluding steroid dienone is 22. The smallest absolute Gasteiger partial charge is 0.306 e. The summed E-state index contributed by atoms with van der Waals surface area (Å²) in [5.41, 5.74) is 0. The van der Waals surface area contributed by atoms with Gasteiger partial charge in [0.05, 0.1) is 0 Å². The quantitative estimate of drug-likeness (QED) is 0.0261. The minimum absolute atomic E-state index is 0.0917. The van der Waals surface area contributed by atoms with Gasteiger partial charge in [0, 0.05) is 19.3 Å². The Morgan fingerprint density at radius 3 is 0.816 bits per heavy atom. The highest BCUT2D eigenvalue weighted by Crippen LogP contribution is 2.15. The Balaban J connectivity index is 4.19. The summed E-state index contributed by atoms with van der Waals surface area (Å²) < 4.78 is 16.8. The van der Waals surface area contributed by atoms with Gasteiger partial charge in [-0.05, 0) is 128 Å². The van der Waals surface area contributed by atoms with Crippen LogP contribution in [0.15, 0.2) is 134 Å². The van der Waals surface area contributed by atoms with Crippen LogP contribution in [0.25, 0.3) is 0 Å². The fourth-order valence-electron chi connectivity index (χ4n) is 8.26. The largest absolute Gasteiger partial charge is 0.462 e. The SMILES string of the molecule is CC/C=C\C/C=C\C/C=C\C/C=C\C/C=C\C/C=C\C/C=C\CCCCCCCCCCCCCC(=O)OCC(COC(=O)CCCCCCC/C=C\CCC)OC(=O)CCCCCCC/C=C\C/C=C\C/C=C\CC. The molecule has 0 aromatic rings. The lowest BCUT2D eigenvalue weighted by Crippen LogP contribution is -2.30. The highest BCUT2D eigenvalue weighted by atomic mass is 16.6. The molecule has 0 heterocycles. The third-order valence-corrected chi connectivity index (χ3v) is 12.9. The molecule has 0 bridgehead atoms. The van der Waals surface area contributed by atoms with Gasteiger partial charge in [-0.3, -0.25) is 14.4 Å². The first-order chi connectivity index (χ1) is 37.5. The second kappa shape index (κ2) is 63.1. The Kier molecular flexibility index (Phi) is 59.4. The first kappa shape index (κ1) is 71.5. The Hall–Kier alpha value is -4.45. The van der Waals surface area contributed by atoms with E-state index in [0.29, 0.717) is 19.3 Å². The molecule has 0 saturated heterocycles. The molecule has 0 aromatic carbocycles. The lowest BCUT2D eigenvalue weighted by molar-refractivity contribution is -0.167. The van der Waals surface area contributed by atoms with Crippen molar-refractivity contribution in [3.05, 3.63) is 134 Å². The summed E-state index contributed by atoms with van der Waals surface area (Å²) in [6, 6.07) is 0. The zero-order chi connectivity index (χ0) is 55.0. The third-order valence-electron chi connectivity index (χ3n) is 12.9. The van der Waals surface area contributed by atoms with Gasteiger partial charge in [-0.15, -0.1) is 0 Å². The number of ether oxygens (including phenoxy) is 3. The molecule has 0 fully saturated rings. The van der Waals surface area contributed by atoms with Crippen molar-refractivity contribution in [2.75, 3.05) is 13.2 Å². The van der Waals surface area contributed by atoms with Gasteiger partial charge >= 0.3 is 17.9 Å². The Morgan fingerprint density at radius 2 is 0.513 bits per heavy atom. The maximum absolute atomic E-state index is 12.8. The van der Waals surface area contributed by atoms with E-state index >= 15 is 0 Å². The minimum Gasteiger partial charge on any atom is -0.462 e. The van der Waals surface area contributed by atoms with Crippen LogP contribution in [0.3, 0.4) is 0 Å². The summed E-state index contributed by atoms with van der Waals surface area (Å²) >= 11 is 0. The molecule has 0 N–H and O–H groups in total. The van der Waals surface area contributed by atoms with Gasteiger partial charge in [-0.2, -0.15) is 0 Å². The highest BCUT2D eigenvalue weighted by Gasteiger charge is 2.19. The van der Waals surface area contributed by atoms with E-state index < -0.39 is 6.10 Å². The van der Waals surface area contributed by atoms with Crippen molar-refractivity contribution in [1.82, 2.24) is 0 Å². The molecule has 1 unspecified atom stereocenters. The van der Waals surface area contributed by atoms with Crippen LogP contribution in [0.4, 0.5) is 0 Å². The van der Waals surface area contributed by atoms with E-state index in [4.69, 9.17) is 14.2 Å². The molecule has 6 nitrogen and oxygen atoms in total. The maximum atomic E-state index is 12.8. The molecule has 0 aromatic heterocycles. The molecule has 0 amide bonds. The molecule has 0 aliphatic carbocycles. The van der Waals surface area contributed by atoms with E-state index in [-0.39, 0.29) is 31.1 Å². The molecular weight excluding hydrogens is 937 g/mol. The number of hydrogen-bond donors (Lipinski definition) is 0. The number of esters is 3. The summed E-state index contributed by atoms with van der Waals surface area (Å²) in [5, 5.41) is 0. The second-order valence-corrected chi connectivity index (χ2v) is 20.2. The van der Waals surface area contributed by atoms with Crippen LogP contribution in [0, 0.1) is 0 Å². The summed E-state index contributed by atoms with van der Waals surface area (Å²) in [5.74, 6) is -0.924. The predicted molar refractivity (Wildman–Crippen MR) is 329 cm³/mol. The zero-order valence-electron chi connectivity index (χ0n) is 49.2. The molecule has 0 radical (unpaired) electrons. The lowest BCUT2D eigenvalue weighted by Gasteiger charge is -2.18. The highest BCUT2D eigenvalue weighted by molar-refractivity contribution is 5.71. The van der Waals surface area contributed by atoms with Gasteiger partial charge in [0.15, 0.2) is 6.10 Å². The molecule has 430 valence electrons. The molecule has 0 aliphatic rings. The number of rotatable bonds is 55. The normalized spacial score (nSPS) is 13.0. The molecule has 0 spiro atoms. The maximum Gasteiger partial charge on any atom is 0.306 e. The van der Waals surface area contributed by atoms with Crippen LogP contribution in [0.2, 0.25) is 0 Å². The van der Waals surface area contributed by atoms with Gasteiger partial charge in [-0.1, -0.05) is 257 Å². The third kappa shape index (κ3) is 60.4. The van der Waals surface area contributed by atoms with Crippen LogP contribution in [-0.2, 0) is 28.6 Å². The van der Waals surface area contributed by atoms with E-state index in [1.165, 1.54) is 70.6 Å². The number of hydrogen-bond acceptors (Lipinski definition) is 6. The van der Waals surface area contributed by atoms with Crippen molar-refractivity contribution in [3.63, 3.8) is 0 Å². The van der Waals surface area contributed by atoms with Crippen molar-refractivity contribution in [3.8, 4) is 0 Å². The standard InChI is InChI=1S/C70H114O6/c1-4-7-10-13-16-19-22-24-26-27-28-29-30-31-32-33-34-35-36-37-38-39-40-41-42-43-45-46-48-51-54-57-60-63-69(72)75-66-67(65-74-68(71)62-59-56-53-50-21-18-15-12-9-6-3)76-70(73)64-61-58-55-52-49-47-44-25-23-20-17-14-11-8-5-2/h7-8,10-12,15-17,19-20,24-26,28-29,31-32,34-35,37-38,44,67H,4-6,9,13-14,18,21-23,27,30,33,36,39-43,45-66H2,1-3H3/b10-7-,11-8-,15-12-,19-16-,20-17-,26-24-,29-28-,32-31-,35-34-,38-37-,44-25-. The van der Waals surface area contributed by atoms with E-state index in [0.717, 1.165) is 161 Å². The average molecular weight is 1050 g/mol. The number of unbranched alkanes of at least 4 members (excludes halogenated alkanes) is 22. The monoisotopic (exact) mass is 1050 g/mol. The van der Waals surface area contributed by atoms with Crippen LogP contribution < -0.4 is 0 Å². The van der Waals surface area contributed by atoms with E-state index in [1.54, 1.807) is 0 Å². The number of carbonyl (C=O) groups excluding carboxylic acids is 3. The summed E-state index contributed by atoms with van der Waals surface area (Å²) in [7, 11) is 0. The Bertz CT molecular complexity index is 1630. The lowest BCUT2D eigenvalue weighted by atomic mass is 10.0. The molecule has 6 heteroatoms. The molecule has 1 atom stereocenters.